The van der Waals surface area contributed by atoms with E-state index in [0.717, 1.165) is 12.8 Å². The first kappa shape index (κ1) is 20.0. The van der Waals surface area contributed by atoms with Gasteiger partial charge in [0.05, 0.1) is 12.2 Å². The number of amides is 2. The van der Waals surface area contributed by atoms with Crippen molar-refractivity contribution in [2.45, 2.75) is 59.1 Å². The first-order valence-electron chi connectivity index (χ1n) is 8.20. The van der Waals surface area contributed by atoms with E-state index in [-0.39, 0.29) is 11.3 Å². The molecule has 1 aromatic rings. The van der Waals surface area contributed by atoms with Crippen LogP contribution in [-0.4, -0.2) is 44.6 Å². The monoisotopic (exact) mass is 340 g/mol. The number of nitrogens with one attached hydrogen (secondary N) is 3. The van der Waals surface area contributed by atoms with Gasteiger partial charge in [-0.15, -0.1) is 0 Å². The minimum Gasteiger partial charge on any atom is -0.465 e. The standard InChI is InChI=1S/C16H28N4O4/c1-5-7-10(16(3,4)6-2)12(19-15(23)24)13(21)14(22)18-11-8-9-17-20-11/h8-10,12-13,19,21H,5-7H2,1-4H3,(H,23,24)(H2,17,18,20,22)/t10?,12-,13-/m0/s1. The Morgan fingerprint density at radius 1 is 1.38 bits per heavy atom. The molecule has 0 spiro atoms. The van der Waals surface area contributed by atoms with Gasteiger partial charge in [0.25, 0.3) is 5.91 Å². The molecule has 0 radical (unpaired) electrons. The second kappa shape index (κ2) is 8.68. The molecule has 0 aliphatic carbocycles. The van der Waals surface area contributed by atoms with Crippen molar-refractivity contribution in [3.8, 4) is 0 Å². The van der Waals surface area contributed by atoms with Crippen molar-refractivity contribution in [1.29, 1.82) is 0 Å². The number of hydrogen-bond donors (Lipinski definition) is 5. The predicted octanol–water partition coefficient (Wildman–Crippen LogP) is 2.20. The van der Waals surface area contributed by atoms with Gasteiger partial charge in [0.2, 0.25) is 0 Å². The molecule has 1 heterocycles. The highest BCUT2D eigenvalue weighted by Crippen LogP contribution is 2.37. The number of anilines is 1. The Morgan fingerprint density at radius 2 is 2.04 bits per heavy atom. The van der Waals surface area contributed by atoms with E-state index in [1.54, 1.807) is 6.07 Å². The maximum atomic E-state index is 12.3. The predicted molar refractivity (Wildman–Crippen MR) is 90.6 cm³/mol. The lowest BCUT2D eigenvalue weighted by molar-refractivity contribution is -0.127. The fourth-order valence-electron chi connectivity index (χ4n) is 2.87. The Labute approximate surface area is 142 Å². The highest BCUT2D eigenvalue weighted by Gasteiger charge is 2.41. The van der Waals surface area contributed by atoms with Crippen molar-refractivity contribution < 1.29 is 19.8 Å². The number of aliphatic hydroxyl groups is 1. The van der Waals surface area contributed by atoms with Crippen LogP contribution in [0.1, 0.15) is 47.0 Å². The highest BCUT2D eigenvalue weighted by molar-refractivity contribution is 5.94. The van der Waals surface area contributed by atoms with Crippen molar-refractivity contribution in [1.82, 2.24) is 15.5 Å². The Balaban J connectivity index is 3.03. The Morgan fingerprint density at radius 3 is 2.50 bits per heavy atom. The number of H-pyrrole nitrogens is 1. The van der Waals surface area contributed by atoms with Crippen LogP contribution in [-0.2, 0) is 4.79 Å². The van der Waals surface area contributed by atoms with E-state index in [9.17, 15) is 14.7 Å². The summed E-state index contributed by atoms with van der Waals surface area (Å²) in [4.78, 5) is 23.5. The molecular formula is C16H28N4O4. The maximum Gasteiger partial charge on any atom is 0.404 e. The second-order valence-corrected chi connectivity index (χ2v) is 6.62. The summed E-state index contributed by atoms with van der Waals surface area (Å²) >= 11 is 0. The van der Waals surface area contributed by atoms with Crippen LogP contribution in [0.4, 0.5) is 10.6 Å². The molecule has 5 N–H and O–H groups in total. The fraction of sp³-hybridized carbons (Fsp3) is 0.688. The molecule has 2 amide bonds. The number of aromatic nitrogens is 2. The van der Waals surface area contributed by atoms with Gasteiger partial charge in [-0.05, 0) is 17.8 Å². The minimum atomic E-state index is -1.51. The van der Waals surface area contributed by atoms with Gasteiger partial charge in [0.1, 0.15) is 5.82 Å². The zero-order chi connectivity index (χ0) is 18.3. The molecule has 8 heteroatoms. The Hall–Kier alpha value is -2.09. The van der Waals surface area contributed by atoms with Crippen LogP contribution in [0.25, 0.3) is 0 Å². The van der Waals surface area contributed by atoms with Crippen molar-refractivity contribution in [2.24, 2.45) is 11.3 Å². The quantitative estimate of drug-likeness (QED) is 0.471. The molecule has 0 fully saturated rings. The lowest BCUT2D eigenvalue weighted by atomic mass is 9.69. The third-order valence-corrected chi connectivity index (χ3v) is 4.61. The molecule has 0 bridgehead atoms. The van der Waals surface area contributed by atoms with Gasteiger partial charge in [-0.1, -0.05) is 40.5 Å². The zero-order valence-corrected chi connectivity index (χ0v) is 14.7. The van der Waals surface area contributed by atoms with Gasteiger partial charge < -0.3 is 20.8 Å². The first-order valence-corrected chi connectivity index (χ1v) is 8.20. The largest absolute Gasteiger partial charge is 0.465 e. The van der Waals surface area contributed by atoms with Gasteiger partial charge in [-0.3, -0.25) is 9.89 Å². The average Bonchev–Trinajstić information content (AvgIpc) is 3.02. The van der Waals surface area contributed by atoms with Gasteiger partial charge in [0.15, 0.2) is 6.10 Å². The van der Waals surface area contributed by atoms with Crippen LogP contribution in [0.3, 0.4) is 0 Å². The summed E-state index contributed by atoms with van der Waals surface area (Å²) in [6, 6.07) is 0.643. The summed E-state index contributed by atoms with van der Waals surface area (Å²) in [7, 11) is 0. The van der Waals surface area contributed by atoms with E-state index >= 15 is 0 Å². The highest BCUT2D eigenvalue weighted by atomic mass is 16.4. The Bertz CT molecular complexity index is 530. The molecule has 1 unspecified atom stereocenters. The summed E-state index contributed by atoms with van der Waals surface area (Å²) in [5.41, 5.74) is -0.238. The summed E-state index contributed by atoms with van der Waals surface area (Å²) < 4.78 is 0. The zero-order valence-electron chi connectivity index (χ0n) is 14.7. The van der Waals surface area contributed by atoms with Crippen molar-refractivity contribution in [3.05, 3.63) is 12.3 Å². The van der Waals surface area contributed by atoms with E-state index in [0.29, 0.717) is 12.2 Å². The van der Waals surface area contributed by atoms with Gasteiger partial charge >= 0.3 is 6.09 Å². The van der Waals surface area contributed by atoms with Crippen molar-refractivity contribution >= 4 is 17.8 Å². The fourth-order valence-corrected chi connectivity index (χ4v) is 2.87. The van der Waals surface area contributed by atoms with E-state index in [1.807, 2.05) is 27.7 Å². The molecule has 1 aromatic heterocycles. The third kappa shape index (κ3) is 5.23. The van der Waals surface area contributed by atoms with E-state index in [4.69, 9.17) is 5.11 Å². The summed E-state index contributed by atoms with van der Waals surface area (Å²) in [5.74, 6) is -0.521. The molecule has 3 atom stereocenters. The SMILES string of the molecule is CCCC([C@H](NC(=O)O)[C@H](O)C(=O)Nc1ccn[nH]1)C(C)(C)CC. The number of aromatic amines is 1. The van der Waals surface area contributed by atoms with Crippen LogP contribution in [0.2, 0.25) is 0 Å². The number of carbonyl (C=O) groups is 2. The van der Waals surface area contributed by atoms with E-state index in [1.165, 1.54) is 6.20 Å². The smallest absolute Gasteiger partial charge is 0.404 e. The topological polar surface area (TPSA) is 127 Å². The van der Waals surface area contributed by atoms with Crippen LogP contribution in [0.5, 0.6) is 0 Å². The molecule has 0 aliphatic heterocycles. The molecule has 0 saturated heterocycles. The number of hydrogen-bond acceptors (Lipinski definition) is 4. The van der Waals surface area contributed by atoms with Gasteiger partial charge in [0, 0.05) is 6.07 Å². The second-order valence-electron chi connectivity index (χ2n) is 6.62. The summed E-state index contributed by atoms with van der Waals surface area (Å²) in [5, 5.41) is 30.8. The van der Waals surface area contributed by atoms with E-state index < -0.39 is 24.1 Å². The lowest BCUT2D eigenvalue weighted by Gasteiger charge is -2.40. The Kier molecular flexibility index (Phi) is 7.21. The van der Waals surface area contributed by atoms with Crippen LogP contribution in [0, 0.1) is 11.3 Å². The first-order chi connectivity index (χ1) is 11.2. The van der Waals surface area contributed by atoms with Gasteiger partial charge in [-0.2, -0.15) is 5.10 Å². The number of carbonyl (C=O) groups excluding carboxylic acids is 1. The molecule has 1 rings (SSSR count). The average molecular weight is 340 g/mol. The molecule has 0 aromatic carbocycles. The van der Waals surface area contributed by atoms with Crippen LogP contribution < -0.4 is 10.6 Å². The summed E-state index contributed by atoms with van der Waals surface area (Å²) in [6.07, 6.45) is 1.01. The molecule has 24 heavy (non-hydrogen) atoms. The number of aliphatic hydroxyl groups excluding tert-OH is 1. The maximum absolute atomic E-state index is 12.3. The van der Waals surface area contributed by atoms with E-state index in [2.05, 4.69) is 20.8 Å². The summed E-state index contributed by atoms with van der Waals surface area (Å²) in [6.45, 7) is 8.04. The molecule has 8 nitrogen and oxygen atoms in total. The number of nitrogens with zero attached hydrogens (tertiary/aromatic N) is 1. The minimum absolute atomic E-state index is 0.189. The van der Waals surface area contributed by atoms with Crippen molar-refractivity contribution in [3.63, 3.8) is 0 Å². The van der Waals surface area contributed by atoms with Crippen molar-refractivity contribution in [2.75, 3.05) is 5.32 Å². The lowest BCUT2D eigenvalue weighted by Crippen LogP contribution is -2.55. The molecule has 0 aliphatic rings. The normalized spacial score (nSPS) is 15.4. The number of rotatable bonds is 9. The van der Waals surface area contributed by atoms with Crippen LogP contribution in [0.15, 0.2) is 12.3 Å². The van der Waals surface area contributed by atoms with Gasteiger partial charge in [-0.25, -0.2) is 4.79 Å². The third-order valence-electron chi connectivity index (χ3n) is 4.61. The molecular weight excluding hydrogens is 312 g/mol. The molecule has 0 saturated carbocycles. The van der Waals surface area contributed by atoms with Crippen LogP contribution >= 0.6 is 0 Å². The number of carboxylic acid groups (broad SMARTS) is 1. The molecule has 136 valence electrons.